The molecule has 0 aliphatic heterocycles. The van der Waals surface area contributed by atoms with Crippen molar-refractivity contribution in [1.82, 2.24) is 19.7 Å². The van der Waals surface area contributed by atoms with Crippen molar-refractivity contribution in [2.75, 3.05) is 7.05 Å². The van der Waals surface area contributed by atoms with Gasteiger partial charge in [-0.15, -0.1) is 0 Å². The molecular formula is C25H23ClN4O3. The molecule has 1 N–H and O–H groups in total. The molecule has 0 fully saturated rings. The second-order valence-corrected chi connectivity index (χ2v) is 8.06. The third-order valence-electron chi connectivity index (χ3n) is 5.48. The molecular weight excluding hydrogens is 440 g/mol. The van der Waals surface area contributed by atoms with Gasteiger partial charge in [0.1, 0.15) is 6.54 Å². The van der Waals surface area contributed by atoms with Crippen LogP contribution in [0.2, 0.25) is 5.02 Å². The van der Waals surface area contributed by atoms with Gasteiger partial charge in [-0.2, -0.15) is 5.10 Å². The van der Waals surface area contributed by atoms with Gasteiger partial charge in [0, 0.05) is 35.6 Å². The lowest BCUT2D eigenvalue weighted by atomic mass is 9.94. The van der Waals surface area contributed by atoms with E-state index in [4.69, 9.17) is 11.6 Å². The van der Waals surface area contributed by atoms with E-state index < -0.39 is 0 Å². The summed E-state index contributed by atoms with van der Waals surface area (Å²) in [5, 5.41) is 8.56. The Morgan fingerprint density at radius 3 is 2.52 bits per heavy atom. The summed E-state index contributed by atoms with van der Waals surface area (Å²) in [4.78, 5) is 38.5. The Hall–Kier alpha value is -3.71. The van der Waals surface area contributed by atoms with Crippen molar-refractivity contribution in [3.05, 3.63) is 87.6 Å². The van der Waals surface area contributed by atoms with Crippen LogP contribution < -0.4 is 10.9 Å². The van der Waals surface area contributed by atoms with Gasteiger partial charge in [0.15, 0.2) is 5.78 Å². The van der Waals surface area contributed by atoms with Crippen LogP contribution in [0.1, 0.15) is 29.5 Å². The van der Waals surface area contributed by atoms with Gasteiger partial charge in [-0.1, -0.05) is 48.9 Å². The molecule has 0 aliphatic carbocycles. The number of carbonyl (C=O) groups excluding carboxylic acids is 2. The van der Waals surface area contributed by atoms with Crippen LogP contribution in [-0.2, 0) is 17.9 Å². The van der Waals surface area contributed by atoms with E-state index in [-0.39, 0.29) is 36.8 Å². The second kappa shape index (κ2) is 9.42. The number of amides is 1. The molecule has 168 valence electrons. The summed E-state index contributed by atoms with van der Waals surface area (Å²) in [6, 6.07) is 16.3. The number of Topliss-reactive ketones (excluding diaryl/α,β-unsaturated/α-hetero) is 1. The molecule has 4 aromatic rings. The number of nitrogens with one attached hydrogen (secondary N) is 1. The lowest BCUT2D eigenvalue weighted by molar-refractivity contribution is -0.121. The number of likely N-dealkylation sites (N-methyl/N-ethyl adjacent to an activating group) is 1. The predicted molar refractivity (Wildman–Crippen MR) is 129 cm³/mol. The molecule has 0 spiro atoms. The Kier molecular flexibility index (Phi) is 6.42. The molecule has 0 atom stereocenters. The van der Waals surface area contributed by atoms with Crippen molar-refractivity contribution in [1.29, 1.82) is 0 Å². The first-order valence-electron chi connectivity index (χ1n) is 10.6. The van der Waals surface area contributed by atoms with Gasteiger partial charge < -0.3 is 5.32 Å². The number of hydrogen-bond donors (Lipinski definition) is 1. The lowest BCUT2D eigenvalue weighted by Gasteiger charge is -2.19. The van der Waals surface area contributed by atoms with Crippen molar-refractivity contribution >= 4 is 34.1 Å². The highest BCUT2D eigenvalue weighted by atomic mass is 35.5. The zero-order valence-electron chi connectivity index (χ0n) is 18.3. The summed E-state index contributed by atoms with van der Waals surface area (Å²) in [5.41, 5.74) is 2.09. The zero-order valence-corrected chi connectivity index (χ0v) is 19.1. The maximum atomic E-state index is 13.6. The Bertz CT molecular complexity index is 1410. The summed E-state index contributed by atoms with van der Waals surface area (Å²) >= 11 is 6.28. The largest absolute Gasteiger partial charge is 0.358 e. The second-order valence-electron chi connectivity index (χ2n) is 7.63. The highest BCUT2D eigenvalue weighted by Gasteiger charge is 2.23. The van der Waals surface area contributed by atoms with Crippen LogP contribution in [0, 0.1) is 0 Å². The standard InChI is InChI=1S/C25H23ClN4O3/c1-3-21(31)24-23(16-7-5-4-6-8-16)20-13-17(26)9-10-19(20)25(33)30(24)14-18-11-12-29(28-18)15-22(32)27-2/h4-13H,3,14-15H2,1-2H3,(H,27,32). The summed E-state index contributed by atoms with van der Waals surface area (Å²) < 4.78 is 2.98. The van der Waals surface area contributed by atoms with E-state index in [1.807, 2.05) is 30.3 Å². The first kappa shape index (κ1) is 22.5. The Balaban J connectivity index is 1.97. The van der Waals surface area contributed by atoms with E-state index in [1.165, 1.54) is 9.25 Å². The number of nitrogens with zero attached hydrogens (tertiary/aromatic N) is 3. The highest BCUT2D eigenvalue weighted by molar-refractivity contribution is 6.31. The Morgan fingerprint density at radius 2 is 1.82 bits per heavy atom. The van der Waals surface area contributed by atoms with Gasteiger partial charge in [-0.25, -0.2) is 0 Å². The summed E-state index contributed by atoms with van der Waals surface area (Å²) in [6.45, 7) is 1.93. The number of fused-ring (bicyclic) bond motifs is 1. The number of halogens is 1. The van der Waals surface area contributed by atoms with Gasteiger partial charge in [0.25, 0.3) is 5.56 Å². The molecule has 7 nitrogen and oxygen atoms in total. The predicted octanol–water partition coefficient (Wildman–Crippen LogP) is 3.91. The molecule has 33 heavy (non-hydrogen) atoms. The minimum absolute atomic E-state index is 0.0671. The van der Waals surface area contributed by atoms with Gasteiger partial charge >= 0.3 is 0 Å². The number of hydrogen-bond acceptors (Lipinski definition) is 4. The molecule has 2 aromatic heterocycles. The average molecular weight is 463 g/mol. The first-order valence-corrected chi connectivity index (χ1v) is 11.0. The number of benzene rings is 2. The van der Waals surface area contributed by atoms with Crippen LogP contribution in [0.15, 0.2) is 65.6 Å². The van der Waals surface area contributed by atoms with E-state index in [2.05, 4.69) is 10.4 Å². The number of carbonyl (C=O) groups is 2. The molecule has 0 radical (unpaired) electrons. The fourth-order valence-electron chi connectivity index (χ4n) is 3.89. The third kappa shape index (κ3) is 4.45. The molecule has 1 amide bonds. The maximum Gasteiger partial charge on any atom is 0.259 e. The Labute approximate surface area is 195 Å². The van der Waals surface area contributed by atoms with Crippen molar-refractivity contribution in [3.63, 3.8) is 0 Å². The highest BCUT2D eigenvalue weighted by Crippen LogP contribution is 2.33. The van der Waals surface area contributed by atoms with Crippen molar-refractivity contribution in [2.24, 2.45) is 0 Å². The first-order chi connectivity index (χ1) is 15.9. The molecule has 8 heteroatoms. The topological polar surface area (TPSA) is 86.0 Å². The van der Waals surface area contributed by atoms with E-state index in [9.17, 15) is 14.4 Å². The monoisotopic (exact) mass is 462 g/mol. The Morgan fingerprint density at radius 1 is 1.06 bits per heavy atom. The summed E-state index contributed by atoms with van der Waals surface area (Å²) in [6.07, 6.45) is 1.91. The molecule has 0 bridgehead atoms. The van der Waals surface area contributed by atoms with Gasteiger partial charge in [0.05, 0.1) is 17.9 Å². The minimum Gasteiger partial charge on any atom is -0.358 e. The molecule has 0 unspecified atom stereocenters. The summed E-state index contributed by atoms with van der Waals surface area (Å²) in [5.74, 6) is -0.338. The lowest BCUT2D eigenvalue weighted by Crippen LogP contribution is -2.28. The molecule has 2 aromatic carbocycles. The van der Waals surface area contributed by atoms with Crippen LogP contribution >= 0.6 is 11.6 Å². The van der Waals surface area contributed by atoms with E-state index in [0.717, 1.165) is 5.56 Å². The van der Waals surface area contributed by atoms with Crippen LogP contribution in [0.25, 0.3) is 21.9 Å². The summed E-state index contributed by atoms with van der Waals surface area (Å²) in [7, 11) is 1.56. The fourth-order valence-corrected chi connectivity index (χ4v) is 4.06. The average Bonchev–Trinajstić information content (AvgIpc) is 3.27. The number of pyridine rings is 1. The smallest absolute Gasteiger partial charge is 0.259 e. The molecule has 0 saturated carbocycles. The molecule has 2 heterocycles. The van der Waals surface area contributed by atoms with E-state index >= 15 is 0 Å². The van der Waals surface area contributed by atoms with Crippen LogP contribution in [0.4, 0.5) is 0 Å². The number of ketones is 1. The quantitative estimate of drug-likeness (QED) is 0.422. The van der Waals surface area contributed by atoms with Crippen LogP contribution in [-0.4, -0.2) is 33.1 Å². The number of rotatable bonds is 7. The minimum atomic E-state index is -0.293. The van der Waals surface area contributed by atoms with Gasteiger partial charge in [-0.3, -0.25) is 23.6 Å². The molecule has 0 aliphatic rings. The molecule has 4 rings (SSSR count). The van der Waals surface area contributed by atoms with Crippen LogP contribution in [0.3, 0.4) is 0 Å². The zero-order chi connectivity index (χ0) is 23.5. The molecule has 0 saturated heterocycles. The third-order valence-corrected chi connectivity index (χ3v) is 5.72. The van der Waals surface area contributed by atoms with E-state index in [1.54, 1.807) is 44.4 Å². The van der Waals surface area contributed by atoms with Crippen molar-refractivity contribution < 1.29 is 9.59 Å². The SMILES string of the molecule is CCC(=O)c1c(-c2ccccc2)c2cc(Cl)ccc2c(=O)n1Cc1ccn(CC(=O)NC)n1. The normalized spacial score (nSPS) is 11.0. The number of aromatic nitrogens is 3. The fraction of sp³-hybridized carbons (Fsp3) is 0.200. The van der Waals surface area contributed by atoms with Gasteiger partial charge in [0.2, 0.25) is 5.91 Å². The van der Waals surface area contributed by atoms with E-state index in [0.29, 0.717) is 32.7 Å². The van der Waals surface area contributed by atoms with Crippen LogP contribution in [0.5, 0.6) is 0 Å². The maximum absolute atomic E-state index is 13.6. The van der Waals surface area contributed by atoms with Crippen molar-refractivity contribution in [3.8, 4) is 11.1 Å². The van der Waals surface area contributed by atoms with Crippen molar-refractivity contribution in [2.45, 2.75) is 26.4 Å². The van der Waals surface area contributed by atoms with Gasteiger partial charge in [-0.05, 0) is 35.2 Å².